The third kappa shape index (κ3) is 9.48. The summed E-state index contributed by atoms with van der Waals surface area (Å²) in [6, 6.07) is -0.964. The number of hydrogen-bond acceptors (Lipinski definition) is 3. The van der Waals surface area contributed by atoms with Crippen LogP contribution in [0.3, 0.4) is 0 Å². The Bertz CT molecular complexity index is 327. The molecule has 0 spiro atoms. The van der Waals surface area contributed by atoms with Gasteiger partial charge >= 0.3 is 0 Å². The van der Waals surface area contributed by atoms with Gasteiger partial charge < -0.3 is 10.6 Å². The summed E-state index contributed by atoms with van der Waals surface area (Å²) >= 11 is 0. The van der Waals surface area contributed by atoms with Crippen LogP contribution >= 0.6 is 0 Å². The normalized spacial score (nSPS) is 17.1. The topological polar surface area (TPSA) is 75.8 Å². The van der Waals surface area contributed by atoms with E-state index in [1.165, 1.54) is 0 Å². The third-order valence-electron chi connectivity index (χ3n) is 2.54. The third-order valence-corrected chi connectivity index (χ3v) is 2.54. The van der Waals surface area contributed by atoms with E-state index in [1.807, 2.05) is 27.7 Å². The van der Waals surface area contributed by atoms with Crippen LogP contribution in [-0.4, -0.2) is 41.1 Å². The average molecular weight is 374 g/mol. The Balaban J connectivity index is -0.000000595. The van der Waals surface area contributed by atoms with E-state index < -0.39 is 12.1 Å². The van der Waals surface area contributed by atoms with E-state index in [0.29, 0.717) is 18.7 Å². The molecular formula is C15H31N3O2Y. The number of rotatable bonds is 2. The minimum Gasteiger partial charge on any atom is -0.329 e. The van der Waals surface area contributed by atoms with Crippen molar-refractivity contribution in [2.24, 2.45) is 10.7 Å². The fourth-order valence-corrected chi connectivity index (χ4v) is 1.84. The minimum absolute atomic E-state index is 0. The molecule has 2 amide bonds. The van der Waals surface area contributed by atoms with Crippen molar-refractivity contribution in [3.63, 3.8) is 0 Å². The van der Waals surface area contributed by atoms with Crippen molar-refractivity contribution in [1.82, 2.24) is 4.90 Å². The Morgan fingerprint density at radius 2 is 1.67 bits per heavy atom. The Kier molecular flexibility index (Phi) is 18.2. The Morgan fingerprint density at radius 1 is 1.19 bits per heavy atom. The molecule has 1 radical (unpaired) electrons. The van der Waals surface area contributed by atoms with Crippen LogP contribution in [0.15, 0.2) is 4.99 Å². The molecule has 0 aromatic heterocycles. The van der Waals surface area contributed by atoms with Crippen LogP contribution in [0.1, 0.15) is 61.3 Å². The van der Waals surface area contributed by atoms with Crippen LogP contribution in [0.4, 0.5) is 0 Å². The summed E-state index contributed by atoms with van der Waals surface area (Å²) < 4.78 is 0. The number of amides is 2. The molecule has 1 heterocycles. The zero-order valence-corrected chi connectivity index (χ0v) is 17.5. The molecule has 6 heteroatoms. The van der Waals surface area contributed by atoms with Gasteiger partial charge in [-0.2, -0.15) is 0 Å². The molecule has 2 atom stereocenters. The van der Waals surface area contributed by atoms with E-state index in [0.717, 1.165) is 6.42 Å². The summed E-state index contributed by atoms with van der Waals surface area (Å²) in [5.41, 5.74) is 6.25. The molecule has 0 bridgehead atoms. The quantitative estimate of drug-likeness (QED) is 0.754. The number of hydrogen-bond donors (Lipinski definition) is 1. The van der Waals surface area contributed by atoms with Gasteiger partial charge in [-0.15, -0.1) is 0 Å². The first-order valence-corrected chi connectivity index (χ1v) is 7.55. The average Bonchev–Trinajstić information content (AvgIpc) is 2.90. The van der Waals surface area contributed by atoms with Gasteiger partial charge in [-0.3, -0.25) is 9.59 Å². The first-order valence-electron chi connectivity index (χ1n) is 7.55. The standard InChI is InChI=1S/C11H19N3O2.2C2H6.Y/c1-7(2)13-10(15)9-5-4-6-14(9)11(16)8(3)12;2*1-2;/h8-9H,4-6,12H2,1-3H3;2*1-2H3;/t8-,9-;;;/m0.../s1. The monoisotopic (exact) mass is 374 g/mol. The summed E-state index contributed by atoms with van der Waals surface area (Å²) in [6.45, 7) is 13.8. The summed E-state index contributed by atoms with van der Waals surface area (Å²) in [6.07, 6.45) is 1.53. The molecule has 2 N–H and O–H groups in total. The van der Waals surface area contributed by atoms with Crippen LogP contribution in [0.25, 0.3) is 0 Å². The summed E-state index contributed by atoms with van der Waals surface area (Å²) in [5, 5.41) is 0. The predicted octanol–water partition coefficient (Wildman–Crippen LogP) is 2.38. The molecule has 0 aromatic rings. The molecule has 1 aliphatic heterocycles. The zero-order valence-electron chi connectivity index (χ0n) is 14.6. The Hall–Kier alpha value is -0.126. The second-order valence-electron chi connectivity index (χ2n) is 4.38. The van der Waals surface area contributed by atoms with E-state index in [2.05, 4.69) is 4.99 Å². The molecule has 1 aliphatic rings. The van der Waals surface area contributed by atoms with Crippen LogP contribution in [-0.2, 0) is 42.3 Å². The van der Waals surface area contributed by atoms with Gasteiger partial charge in [-0.05, 0) is 33.6 Å². The molecular weight excluding hydrogens is 343 g/mol. The first kappa shape index (κ1) is 25.8. The van der Waals surface area contributed by atoms with E-state index in [-0.39, 0.29) is 44.5 Å². The van der Waals surface area contributed by atoms with Crippen molar-refractivity contribution in [3.8, 4) is 0 Å². The second kappa shape index (κ2) is 14.8. The molecule has 1 fully saturated rings. The summed E-state index contributed by atoms with van der Waals surface area (Å²) in [4.78, 5) is 29.0. The summed E-state index contributed by atoms with van der Waals surface area (Å²) in [5.74, 6) is -0.397. The Labute approximate surface area is 155 Å². The van der Waals surface area contributed by atoms with Crippen molar-refractivity contribution >= 4 is 17.5 Å². The number of nitrogens with zero attached hydrogens (tertiary/aromatic N) is 2. The fraction of sp³-hybridized carbons (Fsp3) is 0.800. The van der Waals surface area contributed by atoms with Crippen LogP contribution in [0.2, 0.25) is 0 Å². The number of aliphatic imine (C=N–C) groups is 1. The van der Waals surface area contributed by atoms with Crippen molar-refractivity contribution in [2.75, 3.05) is 6.54 Å². The van der Waals surface area contributed by atoms with Gasteiger partial charge in [0.15, 0.2) is 0 Å². The maximum absolute atomic E-state index is 11.8. The molecule has 5 nitrogen and oxygen atoms in total. The second-order valence-corrected chi connectivity index (χ2v) is 4.38. The molecule has 0 aromatic carbocycles. The number of nitrogens with two attached hydrogens (primary N) is 1. The predicted molar refractivity (Wildman–Crippen MR) is 84.9 cm³/mol. The van der Waals surface area contributed by atoms with Crippen molar-refractivity contribution < 1.29 is 42.3 Å². The number of carbonyl (C=O) groups excluding carboxylic acids is 2. The first-order chi connectivity index (χ1) is 9.43. The number of carbonyl (C=O) groups is 2. The number of likely N-dealkylation sites (tertiary alicyclic amines) is 1. The van der Waals surface area contributed by atoms with Gasteiger partial charge in [-0.25, -0.2) is 4.99 Å². The van der Waals surface area contributed by atoms with Crippen LogP contribution in [0, 0.1) is 0 Å². The van der Waals surface area contributed by atoms with Gasteiger partial charge in [0.2, 0.25) is 5.91 Å². The smallest absolute Gasteiger partial charge is 0.268 e. The minimum atomic E-state index is -0.555. The fourth-order valence-electron chi connectivity index (χ4n) is 1.84. The molecule has 21 heavy (non-hydrogen) atoms. The molecule has 121 valence electrons. The van der Waals surface area contributed by atoms with E-state index in [4.69, 9.17) is 5.73 Å². The van der Waals surface area contributed by atoms with E-state index in [9.17, 15) is 9.59 Å². The molecule has 0 aliphatic carbocycles. The molecule has 0 saturated carbocycles. The zero-order chi connectivity index (χ0) is 16.3. The molecule has 1 saturated heterocycles. The van der Waals surface area contributed by atoms with Gasteiger partial charge in [-0.1, -0.05) is 27.7 Å². The van der Waals surface area contributed by atoms with Crippen molar-refractivity contribution in [1.29, 1.82) is 0 Å². The SMILES string of the molecule is CC.CC.CC(C)=NC(=O)[C@@H]1CCCN1C(=O)[C@H](C)N.[Y]. The van der Waals surface area contributed by atoms with Gasteiger partial charge in [0.1, 0.15) is 6.04 Å². The maximum atomic E-state index is 11.8. The Morgan fingerprint density at radius 3 is 2.05 bits per heavy atom. The van der Waals surface area contributed by atoms with E-state index >= 15 is 0 Å². The van der Waals surface area contributed by atoms with Gasteiger partial charge in [0.25, 0.3) is 5.91 Å². The van der Waals surface area contributed by atoms with Crippen LogP contribution < -0.4 is 5.73 Å². The summed E-state index contributed by atoms with van der Waals surface area (Å²) in [7, 11) is 0. The molecule has 0 unspecified atom stereocenters. The van der Waals surface area contributed by atoms with Gasteiger partial charge in [0.05, 0.1) is 6.04 Å². The van der Waals surface area contributed by atoms with E-state index in [1.54, 1.807) is 25.7 Å². The van der Waals surface area contributed by atoms with Crippen LogP contribution in [0.5, 0.6) is 0 Å². The molecule has 1 rings (SSSR count). The maximum Gasteiger partial charge on any atom is 0.268 e. The van der Waals surface area contributed by atoms with Crippen molar-refractivity contribution in [2.45, 2.75) is 73.4 Å². The van der Waals surface area contributed by atoms with Crippen molar-refractivity contribution in [3.05, 3.63) is 0 Å². The van der Waals surface area contributed by atoms with Gasteiger partial charge in [0, 0.05) is 45.0 Å². The largest absolute Gasteiger partial charge is 0.329 e.